The first-order valence-corrected chi connectivity index (χ1v) is 3.60. The Hall–Kier alpha value is -1.24. The Bertz CT molecular complexity index is 209. The highest BCUT2D eigenvalue weighted by Crippen LogP contribution is 2.19. The summed E-state index contributed by atoms with van der Waals surface area (Å²) >= 11 is 0. The first-order chi connectivity index (χ1) is 5.38. The van der Waals surface area contributed by atoms with Gasteiger partial charge in [0, 0.05) is 0 Å². The largest absolute Gasteiger partial charge is 0.500 e. The lowest BCUT2D eigenvalue weighted by atomic mass is 10.1. The van der Waals surface area contributed by atoms with Gasteiger partial charge in [0.1, 0.15) is 5.76 Å². The highest BCUT2D eigenvalue weighted by molar-refractivity contribution is 5.27. The van der Waals surface area contributed by atoms with Crippen molar-refractivity contribution < 1.29 is 4.74 Å². The van der Waals surface area contributed by atoms with Crippen molar-refractivity contribution in [3.05, 3.63) is 48.8 Å². The standard InChI is InChI=1S/C10H12O/c1-3-6-10(11-2)9-7-4-5-8-9/h3-9H,1H2,2H3. The van der Waals surface area contributed by atoms with Crippen molar-refractivity contribution in [2.75, 3.05) is 7.11 Å². The van der Waals surface area contributed by atoms with Gasteiger partial charge in [0.05, 0.1) is 13.0 Å². The van der Waals surface area contributed by atoms with Gasteiger partial charge in [0.2, 0.25) is 0 Å². The van der Waals surface area contributed by atoms with E-state index in [-0.39, 0.29) is 0 Å². The Kier molecular flexibility index (Phi) is 2.73. The average molecular weight is 148 g/mol. The van der Waals surface area contributed by atoms with Gasteiger partial charge in [0.15, 0.2) is 0 Å². The van der Waals surface area contributed by atoms with Crippen molar-refractivity contribution in [1.82, 2.24) is 0 Å². The molecule has 58 valence electrons. The summed E-state index contributed by atoms with van der Waals surface area (Å²) in [6.45, 7) is 3.62. The summed E-state index contributed by atoms with van der Waals surface area (Å²) in [5.74, 6) is 1.24. The molecule has 0 aromatic carbocycles. The second-order valence-electron chi connectivity index (χ2n) is 2.30. The molecule has 0 aromatic heterocycles. The van der Waals surface area contributed by atoms with Gasteiger partial charge in [-0.25, -0.2) is 0 Å². The molecule has 0 heterocycles. The van der Waals surface area contributed by atoms with Crippen LogP contribution in [-0.2, 0) is 4.74 Å². The molecule has 0 spiro atoms. The third kappa shape index (κ3) is 1.84. The van der Waals surface area contributed by atoms with Gasteiger partial charge in [0.25, 0.3) is 0 Å². The van der Waals surface area contributed by atoms with Crippen LogP contribution in [0.15, 0.2) is 48.8 Å². The molecule has 1 aliphatic rings. The lowest BCUT2D eigenvalue weighted by molar-refractivity contribution is 0.269. The maximum absolute atomic E-state index is 5.16. The van der Waals surface area contributed by atoms with Crippen LogP contribution in [0.25, 0.3) is 0 Å². The quantitative estimate of drug-likeness (QED) is 0.441. The fourth-order valence-corrected chi connectivity index (χ4v) is 1.05. The molecular weight excluding hydrogens is 136 g/mol. The number of methoxy groups -OCH3 is 1. The van der Waals surface area contributed by atoms with Crippen molar-refractivity contribution in [1.29, 1.82) is 0 Å². The van der Waals surface area contributed by atoms with Crippen LogP contribution in [0.3, 0.4) is 0 Å². The summed E-state index contributed by atoms with van der Waals surface area (Å²) in [5, 5.41) is 0. The molecule has 1 aliphatic carbocycles. The van der Waals surface area contributed by atoms with E-state index in [9.17, 15) is 0 Å². The van der Waals surface area contributed by atoms with Crippen LogP contribution in [0.2, 0.25) is 0 Å². The fraction of sp³-hybridized carbons (Fsp3) is 0.200. The number of ether oxygens (including phenoxy) is 1. The molecule has 1 heteroatoms. The number of hydrogen-bond acceptors (Lipinski definition) is 1. The second kappa shape index (κ2) is 3.81. The predicted octanol–water partition coefficient (Wildman–Crippen LogP) is 2.44. The Balaban J connectivity index is 2.69. The topological polar surface area (TPSA) is 9.23 Å². The van der Waals surface area contributed by atoms with E-state index in [1.54, 1.807) is 13.2 Å². The molecule has 0 N–H and O–H groups in total. The smallest absolute Gasteiger partial charge is 0.106 e. The monoisotopic (exact) mass is 148 g/mol. The van der Waals surface area contributed by atoms with Crippen molar-refractivity contribution in [3.63, 3.8) is 0 Å². The summed E-state index contributed by atoms with van der Waals surface area (Å²) in [5.41, 5.74) is 0. The van der Waals surface area contributed by atoms with Gasteiger partial charge in [-0.3, -0.25) is 0 Å². The van der Waals surface area contributed by atoms with Crippen LogP contribution in [0, 0.1) is 5.92 Å². The molecule has 1 nitrogen and oxygen atoms in total. The van der Waals surface area contributed by atoms with Gasteiger partial charge in [-0.05, 0) is 6.08 Å². The third-order valence-corrected chi connectivity index (χ3v) is 1.59. The normalized spacial score (nSPS) is 17.4. The zero-order valence-corrected chi connectivity index (χ0v) is 6.66. The molecule has 11 heavy (non-hydrogen) atoms. The van der Waals surface area contributed by atoms with E-state index < -0.39 is 0 Å². The molecule has 0 saturated carbocycles. The number of rotatable bonds is 3. The molecule has 0 aromatic rings. The summed E-state index contributed by atoms with van der Waals surface area (Å²) in [7, 11) is 1.68. The highest BCUT2D eigenvalue weighted by atomic mass is 16.5. The van der Waals surface area contributed by atoms with Crippen molar-refractivity contribution in [2.45, 2.75) is 0 Å². The van der Waals surface area contributed by atoms with E-state index in [0.717, 1.165) is 5.76 Å². The molecule has 0 saturated heterocycles. The van der Waals surface area contributed by atoms with Crippen LogP contribution < -0.4 is 0 Å². The van der Waals surface area contributed by atoms with Gasteiger partial charge in [-0.1, -0.05) is 37.0 Å². The Labute approximate surface area is 67.4 Å². The zero-order chi connectivity index (χ0) is 8.10. The van der Waals surface area contributed by atoms with E-state index >= 15 is 0 Å². The minimum absolute atomic E-state index is 0.304. The lowest BCUT2D eigenvalue weighted by Gasteiger charge is -2.08. The van der Waals surface area contributed by atoms with Crippen LogP contribution in [-0.4, -0.2) is 7.11 Å². The Morgan fingerprint density at radius 2 is 2.09 bits per heavy atom. The molecule has 0 radical (unpaired) electrons. The zero-order valence-electron chi connectivity index (χ0n) is 6.66. The van der Waals surface area contributed by atoms with Gasteiger partial charge >= 0.3 is 0 Å². The fourth-order valence-electron chi connectivity index (χ4n) is 1.05. The third-order valence-electron chi connectivity index (χ3n) is 1.59. The van der Waals surface area contributed by atoms with Crippen LogP contribution in [0.5, 0.6) is 0 Å². The summed E-state index contributed by atoms with van der Waals surface area (Å²) in [6, 6.07) is 0. The van der Waals surface area contributed by atoms with Gasteiger partial charge in [-0.2, -0.15) is 0 Å². The molecule has 0 amide bonds. The van der Waals surface area contributed by atoms with Gasteiger partial charge < -0.3 is 4.74 Å². The molecule has 0 unspecified atom stereocenters. The number of hydrogen-bond donors (Lipinski definition) is 0. The van der Waals surface area contributed by atoms with E-state index in [4.69, 9.17) is 4.74 Å². The molecule has 0 fully saturated rings. The minimum Gasteiger partial charge on any atom is -0.500 e. The SMILES string of the molecule is C=CC=C(OC)C1C=CC=C1. The summed E-state index contributed by atoms with van der Waals surface area (Å²) in [4.78, 5) is 0. The second-order valence-corrected chi connectivity index (χ2v) is 2.30. The van der Waals surface area contributed by atoms with Crippen LogP contribution in [0.1, 0.15) is 0 Å². The first-order valence-electron chi connectivity index (χ1n) is 3.60. The Morgan fingerprint density at radius 1 is 1.45 bits per heavy atom. The van der Waals surface area contributed by atoms with E-state index in [1.165, 1.54) is 0 Å². The highest BCUT2D eigenvalue weighted by Gasteiger charge is 2.08. The van der Waals surface area contributed by atoms with Crippen molar-refractivity contribution >= 4 is 0 Å². The molecule has 0 atom stereocenters. The maximum atomic E-state index is 5.16. The van der Waals surface area contributed by atoms with Crippen LogP contribution >= 0.6 is 0 Å². The Morgan fingerprint density at radius 3 is 2.55 bits per heavy atom. The molecule has 1 rings (SSSR count). The van der Waals surface area contributed by atoms with Gasteiger partial charge in [-0.15, -0.1) is 0 Å². The predicted molar refractivity (Wildman–Crippen MR) is 47.1 cm³/mol. The first kappa shape index (κ1) is 7.86. The minimum atomic E-state index is 0.304. The van der Waals surface area contributed by atoms with E-state index in [2.05, 4.69) is 18.7 Å². The van der Waals surface area contributed by atoms with Crippen molar-refractivity contribution in [2.24, 2.45) is 5.92 Å². The summed E-state index contributed by atoms with van der Waals surface area (Å²) in [6.07, 6.45) is 11.8. The molecular formula is C10H12O. The molecule has 0 aliphatic heterocycles. The summed E-state index contributed by atoms with van der Waals surface area (Å²) < 4.78 is 5.16. The van der Waals surface area contributed by atoms with Crippen molar-refractivity contribution in [3.8, 4) is 0 Å². The molecule has 0 bridgehead atoms. The van der Waals surface area contributed by atoms with E-state index in [1.807, 2.05) is 18.2 Å². The lowest BCUT2D eigenvalue weighted by Crippen LogP contribution is -1.97. The average Bonchev–Trinajstić information content (AvgIpc) is 2.52. The van der Waals surface area contributed by atoms with E-state index in [0.29, 0.717) is 5.92 Å². The van der Waals surface area contributed by atoms with Crippen LogP contribution in [0.4, 0.5) is 0 Å². The maximum Gasteiger partial charge on any atom is 0.106 e. The number of allylic oxidation sites excluding steroid dienone is 5.